The summed E-state index contributed by atoms with van der Waals surface area (Å²) in [4.78, 5) is 23.5. The quantitative estimate of drug-likeness (QED) is 0.793. The first kappa shape index (κ1) is 16.6. The first-order chi connectivity index (χ1) is 11.7. The predicted octanol–water partition coefficient (Wildman–Crippen LogP) is 2.58. The molecule has 0 aromatic heterocycles. The van der Waals surface area contributed by atoms with E-state index >= 15 is 0 Å². The Morgan fingerprint density at radius 2 is 2.08 bits per heavy atom. The fraction of sp³-hybridized carbons (Fsp3) is 0.556. The van der Waals surface area contributed by atoms with Crippen LogP contribution in [0, 0.1) is 0 Å². The molecule has 0 unspecified atom stereocenters. The third-order valence-electron chi connectivity index (χ3n) is 4.54. The van der Waals surface area contributed by atoms with Crippen molar-refractivity contribution in [2.75, 3.05) is 18.5 Å². The van der Waals surface area contributed by atoms with Crippen LogP contribution in [0.4, 0.5) is 10.5 Å². The summed E-state index contributed by atoms with van der Waals surface area (Å²) in [7, 11) is 0. The summed E-state index contributed by atoms with van der Waals surface area (Å²) in [5, 5.41) is 8.81. The van der Waals surface area contributed by atoms with Gasteiger partial charge in [-0.1, -0.05) is 25.3 Å². The molecule has 6 heteroatoms. The van der Waals surface area contributed by atoms with Crippen molar-refractivity contribution in [3.05, 3.63) is 23.8 Å². The largest absolute Gasteiger partial charge is 0.491 e. The lowest BCUT2D eigenvalue weighted by molar-refractivity contribution is -0.116. The van der Waals surface area contributed by atoms with Crippen molar-refractivity contribution in [2.45, 2.75) is 51.0 Å². The molecule has 3 rings (SSSR count). The topological polar surface area (TPSA) is 79.5 Å². The lowest BCUT2D eigenvalue weighted by Crippen LogP contribution is -2.43. The Kier molecular flexibility index (Phi) is 5.56. The van der Waals surface area contributed by atoms with Crippen molar-refractivity contribution >= 4 is 17.6 Å². The van der Waals surface area contributed by atoms with Crippen LogP contribution in [0.25, 0.3) is 0 Å². The number of hydrogen-bond donors (Lipinski definition) is 3. The van der Waals surface area contributed by atoms with Crippen LogP contribution >= 0.6 is 0 Å². The number of ether oxygens (including phenoxy) is 1. The van der Waals surface area contributed by atoms with E-state index in [-0.39, 0.29) is 11.9 Å². The van der Waals surface area contributed by atoms with E-state index in [4.69, 9.17) is 4.74 Å². The Balaban J connectivity index is 1.46. The Bertz CT molecular complexity index is 597. The molecule has 1 heterocycles. The Morgan fingerprint density at radius 3 is 2.92 bits per heavy atom. The highest BCUT2D eigenvalue weighted by atomic mass is 16.5. The van der Waals surface area contributed by atoms with E-state index < -0.39 is 0 Å². The van der Waals surface area contributed by atoms with Gasteiger partial charge in [-0.05, 0) is 37.0 Å². The molecule has 0 saturated heterocycles. The molecular weight excluding hydrogens is 306 g/mol. The van der Waals surface area contributed by atoms with E-state index in [2.05, 4.69) is 16.0 Å². The molecule has 130 valence electrons. The molecule has 1 saturated carbocycles. The van der Waals surface area contributed by atoms with Crippen molar-refractivity contribution in [2.24, 2.45) is 0 Å². The maximum absolute atomic E-state index is 11.9. The van der Waals surface area contributed by atoms with E-state index in [0.29, 0.717) is 43.5 Å². The third-order valence-corrected chi connectivity index (χ3v) is 4.54. The molecule has 1 aliphatic carbocycles. The standard InChI is InChI=1S/C18H25N3O3/c22-17-9-11-24-16-7-6-13(12-15(16)21-17)8-10-19-18(23)20-14-4-2-1-3-5-14/h6-7,12,14H,1-5,8-11H2,(H,21,22)(H2,19,20,23). The van der Waals surface area contributed by atoms with Gasteiger partial charge >= 0.3 is 6.03 Å². The first-order valence-corrected chi connectivity index (χ1v) is 8.80. The monoisotopic (exact) mass is 331 g/mol. The molecule has 24 heavy (non-hydrogen) atoms. The Labute approximate surface area is 142 Å². The first-order valence-electron chi connectivity index (χ1n) is 8.80. The van der Waals surface area contributed by atoms with E-state index in [1.807, 2.05) is 18.2 Å². The van der Waals surface area contributed by atoms with Gasteiger partial charge in [0.1, 0.15) is 5.75 Å². The summed E-state index contributed by atoms with van der Waals surface area (Å²) in [6, 6.07) is 5.99. The van der Waals surface area contributed by atoms with Gasteiger partial charge in [-0.25, -0.2) is 4.79 Å². The number of fused-ring (bicyclic) bond motifs is 1. The number of anilines is 1. The molecule has 0 bridgehead atoms. The number of benzene rings is 1. The number of carbonyl (C=O) groups excluding carboxylic acids is 2. The highest BCUT2D eigenvalue weighted by molar-refractivity contribution is 5.93. The van der Waals surface area contributed by atoms with Crippen LogP contribution in [0.2, 0.25) is 0 Å². The Hall–Kier alpha value is -2.24. The predicted molar refractivity (Wildman–Crippen MR) is 92.3 cm³/mol. The van der Waals surface area contributed by atoms with Crippen LogP contribution < -0.4 is 20.7 Å². The van der Waals surface area contributed by atoms with E-state index in [0.717, 1.165) is 18.4 Å². The molecule has 3 amide bonds. The third kappa shape index (κ3) is 4.63. The smallest absolute Gasteiger partial charge is 0.315 e. The van der Waals surface area contributed by atoms with Crippen LogP contribution in [0.3, 0.4) is 0 Å². The number of carbonyl (C=O) groups is 2. The second-order valence-corrected chi connectivity index (χ2v) is 6.46. The van der Waals surface area contributed by atoms with Crippen LogP contribution in [0.5, 0.6) is 5.75 Å². The van der Waals surface area contributed by atoms with E-state index in [9.17, 15) is 9.59 Å². The van der Waals surface area contributed by atoms with Crippen molar-refractivity contribution in [3.63, 3.8) is 0 Å². The van der Waals surface area contributed by atoms with Crippen LogP contribution in [-0.2, 0) is 11.2 Å². The summed E-state index contributed by atoms with van der Waals surface area (Å²) in [5.41, 5.74) is 1.76. The van der Waals surface area contributed by atoms with E-state index in [1.54, 1.807) is 0 Å². The van der Waals surface area contributed by atoms with Gasteiger partial charge in [0.15, 0.2) is 0 Å². The molecule has 1 aromatic carbocycles. The lowest BCUT2D eigenvalue weighted by Gasteiger charge is -2.22. The van der Waals surface area contributed by atoms with Crippen LogP contribution in [0.1, 0.15) is 44.1 Å². The summed E-state index contributed by atoms with van der Waals surface area (Å²) < 4.78 is 5.54. The molecule has 1 aromatic rings. The molecular formula is C18H25N3O3. The molecule has 0 radical (unpaired) electrons. The van der Waals surface area contributed by atoms with Gasteiger partial charge in [0.2, 0.25) is 5.91 Å². The molecule has 0 spiro atoms. The highest BCUT2D eigenvalue weighted by Crippen LogP contribution is 2.28. The number of urea groups is 1. The second-order valence-electron chi connectivity index (χ2n) is 6.46. The number of amides is 3. The summed E-state index contributed by atoms with van der Waals surface area (Å²) in [6.07, 6.45) is 6.92. The fourth-order valence-electron chi connectivity index (χ4n) is 3.23. The minimum Gasteiger partial charge on any atom is -0.491 e. The summed E-state index contributed by atoms with van der Waals surface area (Å²) in [5.74, 6) is 0.670. The zero-order chi connectivity index (χ0) is 16.8. The number of hydrogen-bond acceptors (Lipinski definition) is 3. The molecule has 1 fully saturated rings. The summed E-state index contributed by atoms with van der Waals surface area (Å²) in [6.45, 7) is 0.965. The van der Waals surface area contributed by atoms with Gasteiger partial charge in [0, 0.05) is 12.6 Å². The van der Waals surface area contributed by atoms with Crippen LogP contribution in [0.15, 0.2) is 18.2 Å². The average Bonchev–Trinajstić information content (AvgIpc) is 2.76. The molecule has 6 nitrogen and oxygen atoms in total. The minimum absolute atomic E-state index is 0.0316. The summed E-state index contributed by atoms with van der Waals surface area (Å²) >= 11 is 0. The molecule has 2 aliphatic rings. The number of nitrogens with one attached hydrogen (secondary N) is 3. The minimum atomic E-state index is -0.0895. The van der Waals surface area contributed by atoms with Crippen LogP contribution in [-0.4, -0.2) is 31.1 Å². The zero-order valence-electron chi connectivity index (χ0n) is 13.9. The normalized spacial score (nSPS) is 17.9. The lowest BCUT2D eigenvalue weighted by atomic mass is 9.96. The highest BCUT2D eigenvalue weighted by Gasteiger charge is 2.16. The fourth-order valence-corrected chi connectivity index (χ4v) is 3.23. The van der Waals surface area contributed by atoms with Gasteiger partial charge in [-0.3, -0.25) is 4.79 Å². The zero-order valence-corrected chi connectivity index (χ0v) is 13.9. The van der Waals surface area contributed by atoms with Gasteiger partial charge < -0.3 is 20.7 Å². The molecule has 1 aliphatic heterocycles. The van der Waals surface area contributed by atoms with Gasteiger partial charge in [0.25, 0.3) is 0 Å². The van der Waals surface area contributed by atoms with Crippen molar-refractivity contribution in [1.29, 1.82) is 0 Å². The maximum atomic E-state index is 11.9. The van der Waals surface area contributed by atoms with Crippen molar-refractivity contribution in [1.82, 2.24) is 10.6 Å². The average molecular weight is 331 g/mol. The number of rotatable bonds is 4. The molecule has 3 N–H and O–H groups in total. The van der Waals surface area contributed by atoms with Gasteiger partial charge in [-0.2, -0.15) is 0 Å². The Morgan fingerprint density at radius 1 is 1.25 bits per heavy atom. The van der Waals surface area contributed by atoms with E-state index in [1.165, 1.54) is 19.3 Å². The van der Waals surface area contributed by atoms with Gasteiger partial charge in [0.05, 0.1) is 18.7 Å². The SMILES string of the molecule is O=C1CCOc2ccc(CCNC(=O)NC3CCCCC3)cc2N1. The second kappa shape index (κ2) is 8.04. The van der Waals surface area contributed by atoms with Gasteiger partial charge in [-0.15, -0.1) is 0 Å². The van der Waals surface area contributed by atoms with Crippen molar-refractivity contribution in [3.8, 4) is 5.75 Å². The van der Waals surface area contributed by atoms with Crippen molar-refractivity contribution < 1.29 is 14.3 Å². The maximum Gasteiger partial charge on any atom is 0.315 e. The molecule has 0 atom stereocenters.